The Morgan fingerprint density at radius 2 is 2.45 bits per heavy atom. The van der Waals surface area contributed by atoms with Crippen LogP contribution < -0.4 is 0 Å². The van der Waals surface area contributed by atoms with Gasteiger partial charge in [0.25, 0.3) is 0 Å². The Morgan fingerprint density at radius 3 is 3.09 bits per heavy atom. The van der Waals surface area contributed by atoms with Crippen molar-refractivity contribution >= 4 is 6.29 Å². The summed E-state index contributed by atoms with van der Waals surface area (Å²) in [6.07, 6.45) is 3.55. The van der Waals surface area contributed by atoms with E-state index in [4.69, 9.17) is 0 Å². The Bertz CT molecular complexity index is 203. The Balaban J connectivity index is 2.33. The average molecular weight is 147 g/mol. The maximum atomic E-state index is 9.99. The SMILES string of the molecule is O=CCCCc1c[c]ccc1. The van der Waals surface area contributed by atoms with Crippen LogP contribution in [-0.2, 0) is 11.2 Å². The van der Waals surface area contributed by atoms with Crippen molar-refractivity contribution in [1.29, 1.82) is 0 Å². The summed E-state index contributed by atoms with van der Waals surface area (Å²) in [6, 6.07) is 10.9. The molecule has 0 bridgehead atoms. The fourth-order valence-electron chi connectivity index (χ4n) is 0.976. The number of carbonyl (C=O) groups excluding carboxylic acids is 1. The quantitative estimate of drug-likeness (QED) is 0.470. The molecule has 0 N–H and O–H groups in total. The standard InChI is InChI=1S/C10H11O/c11-9-5-4-8-10-6-2-1-3-7-10/h1-2,6-7,9H,4-5,8H2. The Hall–Kier alpha value is -1.11. The van der Waals surface area contributed by atoms with Gasteiger partial charge in [-0.25, -0.2) is 0 Å². The van der Waals surface area contributed by atoms with Crippen LogP contribution in [0.1, 0.15) is 18.4 Å². The zero-order valence-electron chi connectivity index (χ0n) is 6.42. The molecule has 1 nitrogen and oxygen atoms in total. The number of rotatable bonds is 4. The van der Waals surface area contributed by atoms with Crippen molar-refractivity contribution in [3.63, 3.8) is 0 Å². The van der Waals surface area contributed by atoms with Crippen LogP contribution in [0.4, 0.5) is 0 Å². The fourth-order valence-corrected chi connectivity index (χ4v) is 0.976. The van der Waals surface area contributed by atoms with Gasteiger partial charge in [0.15, 0.2) is 0 Å². The van der Waals surface area contributed by atoms with Gasteiger partial charge in [-0.1, -0.05) is 24.3 Å². The van der Waals surface area contributed by atoms with E-state index in [1.54, 1.807) is 0 Å². The third-order valence-electron chi connectivity index (χ3n) is 1.56. The minimum absolute atomic E-state index is 0.662. The first-order chi connectivity index (χ1) is 5.43. The molecule has 1 radical (unpaired) electrons. The first-order valence-electron chi connectivity index (χ1n) is 3.82. The second-order valence-corrected chi connectivity index (χ2v) is 2.47. The Morgan fingerprint density at radius 1 is 1.55 bits per heavy atom. The van der Waals surface area contributed by atoms with E-state index >= 15 is 0 Å². The van der Waals surface area contributed by atoms with Crippen molar-refractivity contribution < 1.29 is 4.79 Å². The molecule has 0 unspecified atom stereocenters. The summed E-state index contributed by atoms with van der Waals surface area (Å²) in [5, 5.41) is 0. The Labute approximate surface area is 67.1 Å². The molecular weight excluding hydrogens is 136 g/mol. The number of benzene rings is 1. The van der Waals surface area contributed by atoms with Gasteiger partial charge < -0.3 is 4.79 Å². The van der Waals surface area contributed by atoms with Crippen LogP contribution in [0.5, 0.6) is 0 Å². The van der Waals surface area contributed by atoms with E-state index in [-0.39, 0.29) is 0 Å². The molecule has 0 aliphatic carbocycles. The van der Waals surface area contributed by atoms with Gasteiger partial charge in [0.1, 0.15) is 6.29 Å². The molecule has 0 aromatic heterocycles. The molecule has 0 aliphatic heterocycles. The van der Waals surface area contributed by atoms with E-state index < -0.39 is 0 Å². The van der Waals surface area contributed by atoms with Crippen LogP contribution in [0.2, 0.25) is 0 Å². The minimum Gasteiger partial charge on any atom is -0.303 e. The first kappa shape index (κ1) is 7.99. The molecule has 0 spiro atoms. The van der Waals surface area contributed by atoms with Crippen LogP contribution in [-0.4, -0.2) is 6.29 Å². The van der Waals surface area contributed by atoms with Crippen LogP contribution in [0.15, 0.2) is 24.3 Å². The molecule has 1 heteroatoms. The highest BCUT2D eigenvalue weighted by molar-refractivity contribution is 5.49. The number of aryl methyl sites for hydroxylation is 1. The van der Waals surface area contributed by atoms with E-state index in [1.165, 1.54) is 5.56 Å². The number of aldehydes is 1. The minimum atomic E-state index is 0.662. The first-order valence-corrected chi connectivity index (χ1v) is 3.82. The molecule has 0 saturated carbocycles. The summed E-state index contributed by atoms with van der Waals surface area (Å²) in [5.41, 5.74) is 1.26. The van der Waals surface area contributed by atoms with E-state index in [1.807, 2.05) is 18.2 Å². The molecule has 11 heavy (non-hydrogen) atoms. The van der Waals surface area contributed by atoms with Gasteiger partial charge in [-0.3, -0.25) is 0 Å². The second-order valence-electron chi connectivity index (χ2n) is 2.47. The summed E-state index contributed by atoms with van der Waals surface area (Å²) in [5.74, 6) is 0. The van der Waals surface area contributed by atoms with E-state index in [9.17, 15) is 4.79 Å². The summed E-state index contributed by atoms with van der Waals surface area (Å²) < 4.78 is 0. The summed E-state index contributed by atoms with van der Waals surface area (Å²) in [7, 11) is 0. The summed E-state index contributed by atoms with van der Waals surface area (Å²) >= 11 is 0. The number of unbranched alkanes of at least 4 members (excludes halogenated alkanes) is 1. The van der Waals surface area contributed by atoms with Crippen molar-refractivity contribution in [2.75, 3.05) is 0 Å². The van der Waals surface area contributed by atoms with Crippen molar-refractivity contribution in [2.45, 2.75) is 19.3 Å². The van der Waals surface area contributed by atoms with Gasteiger partial charge in [0.2, 0.25) is 0 Å². The molecule has 1 aromatic rings. The van der Waals surface area contributed by atoms with Gasteiger partial charge in [-0.05, 0) is 24.5 Å². The molecular formula is C10H11O. The average Bonchev–Trinajstić information content (AvgIpc) is 2.07. The van der Waals surface area contributed by atoms with E-state index in [0.717, 1.165) is 19.1 Å². The molecule has 57 valence electrons. The van der Waals surface area contributed by atoms with Crippen LogP contribution in [0, 0.1) is 6.07 Å². The highest BCUT2D eigenvalue weighted by atomic mass is 16.1. The van der Waals surface area contributed by atoms with Crippen molar-refractivity contribution in [3.8, 4) is 0 Å². The van der Waals surface area contributed by atoms with Crippen molar-refractivity contribution in [2.24, 2.45) is 0 Å². The van der Waals surface area contributed by atoms with Crippen LogP contribution >= 0.6 is 0 Å². The molecule has 0 amide bonds. The third kappa shape index (κ3) is 2.99. The normalized spacial score (nSPS) is 9.45. The molecule has 0 aliphatic rings. The zero-order valence-corrected chi connectivity index (χ0v) is 6.42. The van der Waals surface area contributed by atoms with Crippen LogP contribution in [0.3, 0.4) is 0 Å². The lowest BCUT2D eigenvalue weighted by Gasteiger charge is -1.95. The van der Waals surface area contributed by atoms with Gasteiger partial charge in [-0.15, -0.1) is 0 Å². The smallest absolute Gasteiger partial charge is 0.120 e. The summed E-state index contributed by atoms with van der Waals surface area (Å²) in [6.45, 7) is 0. The van der Waals surface area contributed by atoms with Gasteiger partial charge in [0, 0.05) is 6.42 Å². The molecule has 0 heterocycles. The van der Waals surface area contributed by atoms with Crippen molar-refractivity contribution in [1.82, 2.24) is 0 Å². The monoisotopic (exact) mass is 147 g/mol. The largest absolute Gasteiger partial charge is 0.303 e. The third-order valence-corrected chi connectivity index (χ3v) is 1.56. The van der Waals surface area contributed by atoms with Crippen molar-refractivity contribution in [3.05, 3.63) is 35.9 Å². The molecule has 1 rings (SSSR count). The van der Waals surface area contributed by atoms with E-state index in [0.29, 0.717) is 6.42 Å². The van der Waals surface area contributed by atoms with E-state index in [2.05, 4.69) is 12.1 Å². The lowest BCUT2D eigenvalue weighted by Crippen LogP contribution is -1.84. The van der Waals surface area contributed by atoms with Gasteiger partial charge in [-0.2, -0.15) is 0 Å². The predicted molar refractivity (Wildman–Crippen MR) is 44.3 cm³/mol. The van der Waals surface area contributed by atoms with Gasteiger partial charge >= 0.3 is 0 Å². The predicted octanol–water partition coefficient (Wildman–Crippen LogP) is 2.01. The fraction of sp³-hybridized carbons (Fsp3) is 0.300. The highest BCUT2D eigenvalue weighted by Gasteiger charge is 1.89. The lowest BCUT2D eigenvalue weighted by molar-refractivity contribution is -0.107. The number of hydrogen-bond donors (Lipinski definition) is 0. The molecule has 0 atom stereocenters. The second kappa shape index (κ2) is 4.67. The highest BCUT2D eigenvalue weighted by Crippen LogP contribution is 2.02. The Kier molecular flexibility index (Phi) is 3.39. The maximum Gasteiger partial charge on any atom is 0.120 e. The maximum absolute atomic E-state index is 9.99. The van der Waals surface area contributed by atoms with Crippen LogP contribution in [0.25, 0.3) is 0 Å². The number of hydrogen-bond acceptors (Lipinski definition) is 1. The summed E-state index contributed by atoms with van der Waals surface area (Å²) in [4.78, 5) is 9.99. The molecule has 1 aromatic carbocycles. The molecule has 0 saturated heterocycles. The lowest BCUT2D eigenvalue weighted by atomic mass is 10.1. The van der Waals surface area contributed by atoms with Gasteiger partial charge in [0.05, 0.1) is 0 Å². The topological polar surface area (TPSA) is 17.1 Å². The number of carbonyl (C=O) groups is 1. The zero-order chi connectivity index (χ0) is 7.94. The molecule has 0 fully saturated rings.